The number of unbranched alkanes of at least 4 members (excludes halogenated alkanes) is 1. The average Bonchev–Trinajstić information content (AvgIpc) is 3.90. The smallest absolute Gasteiger partial charge is 0.408 e. The minimum Gasteiger partial charge on any atom is -0.461 e. The third-order valence-electron chi connectivity index (χ3n) is 12.4. The fraction of sp³-hybridized carbons (Fsp3) is 0.528. The first-order valence-corrected chi connectivity index (χ1v) is 23.9. The van der Waals surface area contributed by atoms with Crippen molar-refractivity contribution in [3.63, 3.8) is 0 Å². The molecule has 2 fully saturated rings. The van der Waals surface area contributed by atoms with E-state index >= 15 is 0 Å². The number of hydrogen-bond donors (Lipinski definition) is 3. The first-order valence-electron chi connectivity index (χ1n) is 23.9. The van der Waals surface area contributed by atoms with Gasteiger partial charge in [-0.3, -0.25) is 9.59 Å². The molecule has 4 atom stereocenters. The molecule has 4 amide bonds. The van der Waals surface area contributed by atoms with Crippen LogP contribution < -0.4 is 16.0 Å². The van der Waals surface area contributed by atoms with E-state index in [0.29, 0.717) is 58.0 Å². The molecular weight excluding hydrogens is 821 g/mol. The highest BCUT2D eigenvalue weighted by molar-refractivity contribution is 5.92. The Labute approximate surface area is 385 Å². The van der Waals surface area contributed by atoms with Crippen LogP contribution in [0.1, 0.15) is 128 Å². The summed E-state index contributed by atoms with van der Waals surface area (Å²) in [5.41, 5.74) is 4.91. The summed E-state index contributed by atoms with van der Waals surface area (Å²) in [6, 6.07) is 24.1. The van der Waals surface area contributed by atoms with E-state index in [2.05, 4.69) is 54.1 Å². The lowest BCUT2D eigenvalue weighted by Crippen LogP contribution is -2.52. The van der Waals surface area contributed by atoms with E-state index in [1.54, 1.807) is 4.90 Å². The number of esters is 1. The third kappa shape index (κ3) is 14.4. The molecule has 3 aliphatic rings. The van der Waals surface area contributed by atoms with Gasteiger partial charge in [-0.1, -0.05) is 111 Å². The second kappa shape index (κ2) is 23.5. The van der Waals surface area contributed by atoms with Gasteiger partial charge in [0, 0.05) is 19.0 Å². The van der Waals surface area contributed by atoms with Crippen molar-refractivity contribution in [3.05, 3.63) is 108 Å². The van der Waals surface area contributed by atoms with Crippen LogP contribution in [-0.2, 0) is 35.0 Å². The van der Waals surface area contributed by atoms with Crippen LogP contribution in [0, 0.1) is 11.8 Å². The van der Waals surface area contributed by atoms with Gasteiger partial charge in [-0.25, -0.2) is 14.4 Å². The number of rotatable bonds is 19. The van der Waals surface area contributed by atoms with Crippen molar-refractivity contribution in [2.75, 3.05) is 19.7 Å². The maximum Gasteiger partial charge on any atom is 0.408 e. The van der Waals surface area contributed by atoms with Gasteiger partial charge in [0.25, 0.3) is 0 Å². The largest absolute Gasteiger partial charge is 0.461 e. The maximum atomic E-state index is 14.6. The summed E-state index contributed by atoms with van der Waals surface area (Å²) in [6.07, 6.45) is 10.7. The van der Waals surface area contributed by atoms with Gasteiger partial charge in [0.05, 0.1) is 12.0 Å². The van der Waals surface area contributed by atoms with Crippen molar-refractivity contribution >= 4 is 30.0 Å². The topological polar surface area (TPSA) is 152 Å². The Morgan fingerprint density at radius 1 is 0.769 bits per heavy atom. The molecule has 3 N–H and O–H groups in total. The molecule has 65 heavy (non-hydrogen) atoms. The number of nitrogens with zero attached hydrogens (tertiary/aromatic N) is 1. The molecule has 1 saturated carbocycles. The quantitative estimate of drug-likeness (QED) is 0.0466. The van der Waals surface area contributed by atoms with Gasteiger partial charge in [0.15, 0.2) is 0 Å². The molecule has 1 aliphatic heterocycles. The number of amides is 4. The molecule has 12 nitrogen and oxygen atoms in total. The first-order chi connectivity index (χ1) is 31.3. The minimum absolute atomic E-state index is 0.0415. The third-order valence-corrected chi connectivity index (χ3v) is 12.4. The molecule has 0 bridgehead atoms. The van der Waals surface area contributed by atoms with Gasteiger partial charge in [0.1, 0.15) is 30.4 Å². The summed E-state index contributed by atoms with van der Waals surface area (Å²) in [4.78, 5) is 69.9. The average molecular weight is 891 g/mol. The van der Waals surface area contributed by atoms with Crippen molar-refractivity contribution < 1.29 is 38.2 Å². The summed E-state index contributed by atoms with van der Waals surface area (Å²) < 4.78 is 17.2. The molecular formula is C53H70N4O8. The normalized spacial score (nSPS) is 17.8. The van der Waals surface area contributed by atoms with E-state index in [9.17, 15) is 24.0 Å². The highest BCUT2D eigenvalue weighted by Gasteiger charge is 2.39. The molecule has 1 saturated heterocycles. The van der Waals surface area contributed by atoms with Crippen LogP contribution in [0.5, 0.6) is 0 Å². The van der Waals surface area contributed by atoms with Crippen molar-refractivity contribution in [1.82, 2.24) is 20.9 Å². The Hall–Kier alpha value is -5.65. The Balaban J connectivity index is 1.07. The van der Waals surface area contributed by atoms with Gasteiger partial charge < -0.3 is 35.1 Å². The minimum atomic E-state index is -0.910. The summed E-state index contributed by atoms with van der Waals surface area (Å²) in [6.45, 7) is 10.5. The van der Waals surface area contributed by atoms with Gasteiger partial charge in [-0.15, -0.1) is 0 Å². The van der Waals surface area contributed by atoms with Crippen LogP contribution in [-0.4, -0.2) is 84.4 Å². The molecule has 0 aromatic heterocycles. The lowest BCUT2D eigenvalue weighted by atomic mass is 9.94. The van der Waals surface area contributed by atoms with E-state index in [4.69, 9.17) is 14.2 Å². The molecule has 1 heterocycles. The number of fused-ring (bicyclic) bond motifs is 3. The van der Waals surface area contributed by atoms with Crippen LogP contribution in [0.2, 0.25) is 0 Å². The van der Waals surface area contributed by atoms with Crippen molar-refractivity contribution in [1.29, 1.82) is 0 Å². The second-order valence-corrected chi connectivity index (χ2v) is 19.3. The zero-order valence-electron chi connectivity index (χ0n) is 39.0. The van der Waals surface area contributed by atoms with E-state index in [1.807, 2.05) is 87.5 Å². The molecule has 0 spiro atoms. The molecule has 12 heteroatoms. The number of likely N-dealkylation sites (tertiary alicyclic amines) is 1. The van der Waals surface area contributed by atoms with E-state index in [-0.39, 0.29) is 42.4 Å². The molecule has 0 radical (unpaired) electrons. The number of nitrogens with one attached hydrogen (secondary N) is 3. The van der Waals surface area contributed by atoms with Gasteiger partial charge >= 0.3 is 18.2 Å². The summed E-state index contributed by atoms with van der Waals surface area (Å²) in [5.74, 6) is -1.44. The van der Waals surface area contributed by atoms with Crippen molar-refractivity contribution in [2.45, 2.75) is 147 Å². The van der Waals surface area contributed by atoms with Gasteiger partial charge in [-0.05, 0) is 125 Å². The number of carbonyl (C=O) groups excluding carboxylic acids is 5. The number of alkyl carbamates (subject to hydrolysis) is 2. The summed E-state index contributed by atoms with van der Waals surface area (Å²) >= 11 is 0. The first kappa shape index (κ1) is 48.8. The van der Waals surface area contributed by atoms with Crippen LogP contribution in [0.4, 0.5) is 9.59 Å². The van der Waals surface area contributed by atoms with Crippen LogP contribution in [0.15, 0.2) is 91.0 Å². The monoisotopic (exact) mass is 891 g/mol. The Morgan fingerprint density at radius 3 is 2.09 bits per heavy atom. The predicted molar refractivity (Wildman–Crippen MR) is 252 cm³/mol. The van der Waals surface area contributed by atoms with Crippen molar-refractivity contribution in [2.24, 2.45) is 11.8 Å². The molecule has 3 aromatic rings. The van der Waals surface area contributed by atoms with Crippen LogP contribution in [0.25, 0.3) is 11.1 Å². The van der Waals surface area contributed by atoms with E-state index in [0.717, 1.165) is 59.9 Å². The Kier molecular flexibility index (Phi) is 17.6. The van der Waals surface area contributed by atoms with Crippen molar-refractivity contribution in [3.8, 4) is 11.1 Å². The number of benzene rings is 3. The lowest BCUT2D eigenvalue weighted by Gasteiger charge is -2.30. The van der Waals surface area contributed by atoms with E-state index < -0.39 is 41.8 Å². The second-order valence-electron chi connectivity index (χ2n) is 19.3. The zero-order chi connectivity index (χ0) is 46.3. The van der Waals surface area contributed by atoms with E-state index in [1.165, 1.54) is 0 Å². The molecule has 3 aromatic carbocycles. The fourth-order valence-electron chi connectivity index (χ4n) is 9.30. The van der Waals surface area contributed by atoms with Crippen LogP contribution >= 0.6 is 0 Å². The zero-order valence-corrected chi connectivity index (χ0v) is 39.0. The molecule has 2 aliphatic carbocycles. The summed E-state index contributed by atoms with van der Waals surface area (Å²) in [7, 11) is 0. The predicted octanol–water partition coefficient (Wildman–Crippen LogP) is 9.40. The highest BCUT2D eigenvalue weighted by atomic mass is 16.6. The SMILES string of the molecule is CC(C)C[C@@H](/C=C/[C@H](Cc1ccccc1)C(=O)N1CCCC1C(=O)NC(CCCCNC(=O)OCC1c2ccccc2-c2ccccc21)C(=O)OC1CCCCC1)NC(=O)OC(C)(C)C. The van der Waals surface area contributed by atoms with Gasteiger partial charge in [-0.2, -0.15) is 0 Å². The highest BCUT2D eigenvalue weighted by Crippen LogP contribution is 2.44. The van der Waals surface area contributed by atoms with Crippen LogP contribution in [0.3, 0.4) is 0 Å². The Bertz CT molecular complexity index is 2050. The maximum absolute atomic E-state index is 14.6. The molecule has 6 rings (SSSR count). The fourth-order valence-corrected chi connectivity index (χ4v) is 9.30. The Morgan fingerprint density at radius 2 is 1.43 bits per heavy atom. The van der Waals surface area contributed by atoms with Gasteiger partial charge in [0.2, 0.25) is 11.8 Å². The number of hydrogen-bond acceptors (Lipinski definition) is 8. The number of carbonyl (C=O) groups is 5. The molecule has 2 unspecified atom stereocenters. The standard InChI is InChI=1S/C53H70N4O8/c1-36(2)33-39(55-52(62)65-53(3,4)5)30-29-38(34-37-19-8-6-9-20-37)49(59)57-32-18-28-47(57)48(58)56-46(50(60)64-40-21-10-7-11-22-40)27-16-17-31-54-51(61)63-35-45-43-25-14-12-23-41(43)42-24-13-15-26-44(42)45/h6,8-9,12-15,19-20,23-26,29-30,36,38-40,45-47H,7,10-11,16-18,21-22,27-28,31-35H2,1-5H3,(H,54,61)(H,55,62)(H,56,58)/b30-29+/t38-,39-,46?,47?/m1/s1. The lowest BCUT2D eigenvalue weighted by molar-refractivity contribution is -0.155. The summed E-state index contributed by atoms with van der Waals surface area (Å²) in [5, 5.41) is 8.83. The number of ether oxygens (including phenoxy) is 3. The molecule has 350 valence electrons.